The van der Waals surface area contributed by atoms with Crippen molar-refractivity contribution in [1.82, 2.24) is 14.9 Å². The molecule has 2 aromatic heterocycles. The molecule has 3 aromatic rings. The van der Waals surface area contributed by atoms with Crippen LogP contribution < -0.4 is 5.32 Å². The maximum absolute atomic E-state index is 14.1. The van der Waals surface area contributed by atoms with Crippen molar-refractivity contribution >= 4 is 23.3 Å². The van der Waals surface area contributed by atoms with Crippen LogP contribution in [-0.4, -0.2) is 38.9 Å². The lowest BCUT2D eigenvalue weighted by molar-refractivity contribution is -0.128. The smallest absolute Gasteiger partial charge is 0.270 e. The largest absolute Gasteiger partial charge is 0.310 e. The zero-order valence-electron chi connectivity index (χ0n) is 22.1. The molecule has 39 heavy (non-hydrogen) atoms. The second-order valence-electron chi connectivity index (χ2n) is 11.1. The predicted octanol–water partition coefficient (Wildman–Crippen LogP) is 4.49. The molecule has 9 heteroatoms. The number of amides is 2. The number of carbonyl (C=O) groups excluding carboxylic acids is 2. The Morgan fingerprint density at radius 3 is 2.59 bits per heavy atom. The molecule has 2 atom stereocenters. The summed E-state index contributed by atoms with van der Waals surface area (Å²) in [5.74, 6) is -1.18. The molecule has 1 aliphatic carbocycles. The number of nitrogens with one attached hydrogen (secondary N) is 1. The van der Waals surface area contributed by atoms with Crippen LogP contribution in [0.3, 0.4) is 0 Å². The molecule has 0 radical (unpaired) electrons. The first-order valence-corrected chi connectivity index (χ1v) is 13.2. The van der Waals surface area contributed by atoms with E-state index >= 15 is 0 Å². The first-order chi connectivity index (χ1) is 18.6. The van der Waals surface area contributed by atoms with Crippen molar-refractivity contribution in [3.63, 3.8) is 0 Å². The third-order valence-corrected chi connectivity index (χ3v) is 8.20. The van der Waals surface area contributed by atoms with Gasteiger partial charge in [-0.3, -0.25) is 19.6 Å². The monoisotopic (exact) mass is 529 g/mol. The van der Waals surface area contributed by atoms with E-state index in [4.69, 9.17) is 4.98 Å². The summed E-state index contributed by atoms with van der Waals surface area (Å²) in [4.78, 5) is 41.6. The summed E-state index contributed by atoms with van der Waals surface area (Å²) < 4.78 is 28.2. The van der Waals surface area contributed by atoms with Crippen molar-refractivity contribution in [2.75, 3.05) is 11.9 Å². The van der Waals surface area contributed by atoms with Crippen LogP contribution in [-0.2, 0) is 39.9 Å². The number of benzene rings is 1. The fourth-order valence-electron chi connectivity index (χ4n) is 6.17. The van der Waals surface area contributed by atoms with Crippen LogP contribution in [0, 0.1) is 17.6 Å². The maximum Gasteiger partial charge on any atom is 0.270 e. The van der Waals surface area contributed by atoms with Crippen molar-refractivity contribution < 1.29 is 18.4 Å². The van der Waals surface area contributed by atoms with Crippen LogP contribution in [0.1, 0.15) is 55.1 Å². The van der Waals surface area contributed by atoms with E-state index in [0.29, 0.717) is 49.3 Å². The number of halogens is 2. The molecule has 0 saturated carbocycles. The molecule has 1 N–H and O–H groups in total. The second kappa shape index (κ2) is 9.03. The van der Waals surface area contributed by atoms with Crippen LogP contribution in [0.2, 0.25) is 0 Å². The van der Waals surface area contributed by atoms with E-state index in [1.54, 1.807) is 18.0 Å². The third kappa shape index (κ3) is 4.02. The molecule has 6 rings (SSSR count). The molecular weight excluding hydrogens is 500 g/mol. The third-order valence-electron chi connectivity index (χ3n) is 8.20. The Balaban J connectivity index is 1.20. The van der Waals surface area contributed by atoms with E-state index in [9.17, 15) is 18.4 Å². The lowest BCUT2D eigenvalue weighted by Crippen LogP contribution is -2.44. The van der Waals surface area contributed by atoms with Gasteiger partial charge in [-0.1, -0.05) is 26.0 Å². The van der Waals surface area contributed by atoms with E-state index in [2.05, 4.69) is 21.4 Å². The molecule has 0 unspecified atom stereocenters. The van der Waals surface area contributed by atoms with Gasteiger partial charge >= 0.3 is 0 Å². The standard InChI is InChI=1S/C30H29F2N5O2/c1-17(2)25-27(38)37(29(3,36-25)20-11-21(31)13-22(32)12-20)9-5-6-18-10-19-14-30(15-24(19)34-16-18)23-7-4-8-33-26(23)35-28(30)39/h4,7-8,10-13,16-17H,5-6,9,14-15H2,1-3H3,(H,33,35,39)/t29-,30+/m1/s1. The first kappa shape index (κ1) is 25.3. The van der Waals surface area contributed by atoms with Gasteiger partial charge in [0.25, 0.3) is 5.91 Å². The Hall–Kier alpha value is -4.01. The van der Waals surface area contributed by atoms with E-state index < -0.39 is 22.7 Å². The van der Waals surface area contributed by atoms with Crippen molar-refractivity contribution in [1.29, 1.82) is 0 Å². The highest BCUT2D eigenvalue weighted by Gasteiger charge is 2.51. The van der Waals surface area contributed by atoms with Gasteiger partial charge in [-0.15, -0.1) is 0 Å². The quantitative estimate of drug-likeness (QED) is 0.510. The Morgan fingerprint density at radius 2 is 1.85 bits per heavy atom. The SMILES string of the molecule is CC(C)C1=N[C@@](C)(c2cc(F)cc(F)c2)N(CCCc2cnc3c(c2)C[C@@]2(C3)C(=O)Nc3ncccc32)C1=O. The average Bonchev–Trinajstić information content (AvgIpc) is 3.49. The molecule has 2 amide bonds. The molecule has 1 spiro atoms. The second-order valence-corrected chi connectivity index (χ2v) is 11.1. The van der Waals surface area contributed by atoms with E-state index in [-0.39, 0.29) is 17.7 Å². The summed E-state index contributed by atoms with van der Waals surface area (Å²) in [6, 6.07) is 9.20. The number of carbonyl (C=O) groups is 2. The minimum atomic E-state index is -1.19. The summed E-state index contributed by atoms with van der Waals surface area (Å²) in [5, 5.41) is 2.92. The Kier molecular flexibility index (Phi) is 5.86. The minimum absolute atomic E-state index is 0.0441. The Labute approximate surface area is 225 Å². The lowest BCUT2D eigenvalue weighted by Gasteiger charge is -2.33. The van der Waals surface area contributed by atoms with E-state index in [1.165, 1.54) is 12.1 Å². The lowest BCUT2D eigenvalue weighted by atomic mass is 9.80. The molecule has 7 nitrogen and oxygen atoms in total. The van der Waals surface area contributed by atoms with Crippen LogP contribution in [0.15, 0.2) is 53.8 Å². The molecule has 200 valence electrons. The molecule has 0 saturated heterocycles. The average molecular weight is 530 g/mol. The molecule has 3 aliphatic rings. The Morgan fingerprint density at radius 1 is 1.08 bits per heavy atom. The first-order valence-electron chi connectivity index (χ1n) is 13.2. The molecule has 0 bridgehead atoms. The zero-order valence-corrected chi connectivity index (χ0v) is 22.1. The zero-order chi connectivity index (χ0) is 27.5. The maximum atomic E-state index is 14.1. The van der Waals surface area contributed by atoms with Gasteiger partial charge in [-0.05, 0) is 55.5 Å². The number of pyridine rings is 2. The fourth-order valence-corrected chi connectivity index (χ4v) is 6.17. The van der Waals surface area contributed by atoms with Gasteiger partial charge in [0.05, 0.1) is 5.41 Å². The van der Waals surface area contributed by atoms with Crippen molar-refractivity contribution in [2.24, 2.45) is 10.9 Å². The van der Waals surface area contributed by atoms with Gasteiger partial charge in [0.1, 0.15) is 23.2 Å². The summed E-state index contributed by atoms with van der Waals surface area (Å²) in [6.07, 6.45) is 5.86. The van der Waals surface area contributed by atoms with Crippen LogP contribution in [0.4, 0.5) is 14.6 Å². The summed E-state index contributed by atoms with van der Waals surface area (Å²) in [5.41, 5.74) is 2.71. The number of aromatic nitrogens is 2. The number of anilines is 1. The summed E-state index contributed by atoms with van der Waals surface area (Å²) in [7, 11) is 0. The van der Waals surface area contributed by atoms with Gasteiger partial charge in [0, 0.05) is 54.2 Å². The fraction of sp³-hybridized carbons (Fsp3) is 0.367. The number of nitrogens with zero attached hydrogens (tertiary/aromatic N) is 4. The van der Waals surface area contributed by atoms with E-state index in [0.717, 1.165) is 28.5 Å². The summed E-state index contributed by atoms with van der Waals surface area (Å²) >= 11 is 0. The number of hydrogen-bond donors (Lipinski definition) is 1. The molecule has 1 aromatic carbocycles. The highest BCUT2D eigenvalue weighted by atomic mass is 19.1. The van der Waals surface area contributed by atoms with Crippen molar-refractivity contribution in [2.45, 2.75) is 57.5 Å². The van der Waals surface area contributed by atoms with Crippen LogP contribution >= 0.6 is 0 Å². The minimum Gasteiger partial charge on any atom is -0.310 e. The Bertz CT molecular complexity index is 1530. The van der Waals surface area contributed by atoms with E-state index in [1.807, 2.05) is 32.2 Å². The molecular formula is C30H29F2N5O2. The highest BCUT2D eigenvalue weighted by Crippen LogP contribution is 2.46. The van der Waals surface area contributed by atoms with Crippen LogP contribution in [0.25, 0.3) is 0 Å². The molecule has 4 heterocycles. The normalized spacial score (nSPS) is 23.4. The number of rotatable bonds is 6. The molecule has 2 aliphatic heterocycles. The van der Waals surface area contributed by atoms with Crippen LogP contribution in [0.5, 0.6) is 0 Å². The van der Waals surface area contributed by atoms with Gasteiger partial charge in [-0.2, -0.15) is 0 Å². The van der Waals surface area contributed by atoms with Gasteiger partial charge in [-0.25, -0.2) is 13.8 Å². The number of fused-ring (bicyclic) bond motifs is 3. The molecule has 0 fully saturated rings. The topological polar surface area (TPSA) is 87.6 Å². The van der Waals surface area contributed by atoms with Crippen molar-refractivity contribution in [3.05, 3.63) is 88.4 Å². The highest BCUT2D eigenvalue weighted by molar-refractivity contribution is 6.41. The van der Waals surface area contributed by atoms with Gasteiger partial charge in [0.15, 0.2) is 5.66 Å². The van der Waals surface area contributed by atoms with Gasteiger partial charge in [0.2, 0.25) is 5.91 Å². The summed E-state index contributed by atoms with van der Waals surface area (Å²) in [6.45, 7) is 5.85. The van der Waals surface area contributed by atoms with Gasteiger partial charge < -0.3 is 10.2 Å². The van der Waals surface area contributed by atoms with Crippen molar-refractivity contribution in [3.8, 4) is 0 Å². The number of aryl methyl sites for hydroxylation is 1. The number of aliphatic imine (C=N–C) groups is 1. The number of hydrogen-bond acceptors (Lipinski definition) is 5. The predicted molar refractivity (Wildman–Crippen MR) is 142 cm³/mol.